The van der Waals surface area contributed by atoms with Gasteiger partial charge in [-0.2, -0.15) is 13.2 Å². The largest absolute Gasteiger partial charge is 0.505 e. The van der Waals surface area contributed by atoms with E-state index in [9.17, 15) is 32.7 Å². The Morgan fingerprint density at radius 3 is 2.26 bits per heavy atom. The molecule has 0 aliphatic rings. The molecule has 14 heteroatoms. The molecule has 0 aliphatic carbocycles. The normalized spacial score (nSPS) is 12.2. The van der Waals surface area contributed by atoms with E-state index in [0.717, 1.165) is 37.7 Å². The first-order valence-corrected chi connectivity index (χ1v) is 12.0. The van der Waals surface area contributed by atoms with Gasteiger partial charge >= 0.3 is 18.1 Å². The molecular formula is C25H19ClF3N3O6S. The van der Waals surface area contributed by atoms with E-state index in [2.05, 4.69) is 15.5 Å². The van der Waals surface area contributed by atoms with Crippen LogP contribution in [0.3, 0.4) is 0 Å². The molecule has 0 fully saturated rings. The second-order valence-electron chi connectivity index (χ2n) is 7.63. The van der Waals surface area contributed by atoms with Gasteiger partial charge in [0.1, 0.15) is 10.4 Å². The molecule has 0 saturated carbocycles. The molecule has 0 bridgehead atoms. The van der Waals surface area contributed by atoms with Crippen LogP contribution in [0.4, 0.5) is 23.9 Å². The Hall–Kier alpha value is -4.23. The predicted octanol–water partition coefficient (Wildman–Crippen LogP) is 6.95. The van der Waals surface area contributed by atoms with Gasteiger partial charge in [0.2, 0.25) is 0 Å². The molecule has 0 aliphatic heterocycles. The van der Waals surface area contributed by atoms with Crippen molar-refractivity contribution in [3.8, 4) is 0 Å². The van der Waals surface area contributed by atoms with Crippen molar-refractivity contribution in [1.29, 1.82) is 0 Å². The molecule has 0 radical (unpaired) electrons. The molecule has 1 amide bonds. The molecule has 2 N–H and O–H groups in total. The number of esters is 2. The molecule has 0 saturated heterocycles. The number of nitrogens with one attached hydrogen (secondary N) is 1. The average molecular weight is 582 g/mol. The maximum atomic E-state index is 13.3. The van der Waals surface area contributed by atoms with E-state index < -0.39 is 46.1 Å². The monoisotopic (exact) mass is 581 g/mol. The van der Waals surface area contributed by atoms with Crippen LogP contribution >= 0.6 is 22.9 Å². The zero-order chi connectivity index (χ0) is 28.9. The summed E-state index contributed by atoms with van der Waals surface area (Å²) in [5.41, 5.74) is -1.98. The Labute approximate surface area is 228 Å². The Kier molecular flexibility index (Phi) is 9.09. The van der Waals surface area contributed by atoms with Crippen LogP contribution in [0.2, 0.25) is 5.02 Å². The van der Waals surface area contributed by atoms with E-state index in [-0.39, 0.29) is 32.3 Å². The number of aliphatic hydroxyl groups excluding tert-OH is 1. The number of azo groups is 1. The summed E-state index contributed by atoms with van der Waals surface area (Å²) in [7, 11) is 2.25. The smallest absolute Gasteiger partial charge is 0.417 e. The summed E-state index contributed by atoms with van der Waals surface area (Å²) in [4.78, 5) is 37.7. The van der Waals surface area contributed by atoms with Gasteiger partial charge in [-0.1, -0.05) is 41.9 Å². The number of anilines is 1. The molecule has 3 rings (SSSR count). The SMILES string of the molecule is COC(=O)c1sc(N=NC(C(=O)Nc2ccc(Cl)c(C(F)(F)F)c2)=C(O)c2ccccc2)c(C(=O)OC)c1C. The Balaban J connectivity index is 2.11. The lowest BCUT2D eigenvalue weighted by Crippen LogP contribution is -2.16. The van der Waals surface area contributed by atoms with Crippen molar-refractivity contribution in [2.45, 2.75) is 13.1 Å². The number of hydrogen-bond donors (Lipinski definition) is 2. The van der Waals surface area contributed by atoms with E-state index in [1.807, 2.05) is 0 Å². The molecule has 2 aromatic carbocycles. The molecule has 1 heterocycles. The van der Waals surface area contributed by atoms with Crippen molar-refractivity contribution in [2.24, 2.45) is 10.2 Å². The summed E-state index contributed by atoms with van der Waals surface area (Å²) >= 11 is 6.37. The third kappa shape index (κ3) is 6.62. The number of nitrogens with zero attached hydrogens (tertiary/aromatic N) is 2. The number of halogens is 4. The van der Waals surface area contributed by atoms with E-state index in [0.29, 0.717) is 6.07 Å². The van der Waals surface area contributed by atoms with Crippen molar-refractivity contribution in [2.75, 3.05) is 19.5 Å². The lowest BCUT2D eigenvalue weighted by Gasteiger charge is -2.12. The third-order valence-electron chi connectivity index (χ3n) is 5.15. The Morgan fingerprint density at radius 1 is 1.03 bits per heavy atom. The Bertz CT molecular complexity index is 1490. The highest BCUT2D eigenvalue weighted by Gasteiger charge is 2.33. The first-order chi connectivity index (χ1) is 18.4. The van der Waals surface area contributed by atoms with Crippen LogP contribution in [-0.4, -0.2) is 37.2 Å². The predicted molar refractivity (Wildman–Crippen MR) is 137 cm³/mol. The maximum Gasteiger partial charge on any atom is 0.417 e. The van der Waals surface area contributed by atoms with Crippen LogP contribution in [-0.2, 0) is 20.4 Å². The number of carbonyl (C=O) groups is 3. The third-order valence-corrected chi connectivity index (χ3v) is 6.63. The number of ether oxygens (including phenoxy) is 2. The van der Waals surface area contributed by atoms with Crippen molar-refractivity contribution in [3.05, 3.63) is 86.4 Å². The summed E-state index contributed by atoms with van der Waals surface area (Å²) in [6.45, 7) is 1.46. The second kappa shape index (κ2) is 12.1. The standard InChI is InChI=1S/C25H19ClF3N3O6S/c1-12-17(23(35)37-2)22(39-20(12)24(36)38-3)32-31-18(19(33)13-7-5-4-6-8-13)21(34)30-14-9-10-16(26)15(11-14)25(27,28)29/h4-11,33H,1-3H3,(H,30,34). The van der Waals surface area contributed by atoms with Crippen LogP contribution in [0.1, 0.15) is 36.7 Å². The molecular weight excluding hydrogens is 563 g/mol. The van der Waals surface area contributed by atoms with E-state index in [4.69, 9.17) is 21.1 Å². The van der Waals surface area contributed by atoms with Gasteiger partial charge in [-0.3, -0.25) is 4.79 Å². The number of benzene rings is 2. The Morgan fingerprint density at radius 2 is 1.67 bits per heavy atom. The lowest BCUT2D eigenvalue weighted by molar-refractivity contribution is -0.137. The number of rotatable bonds is 7. The number of hydrogen-bond acceptors (Lipinski definition) is 9. The van der Waals surface area contributed by atoms with E-state index >= 15 is 0 Å². The number of aliphatic hydroxyl groups is 1. The highest BCUT2D eigenvalue weighted by molar-refractivity contribution is 7.18. The number of thiophene rings is 1. The van der Waals surface area contributed by atoms with Gasteiger partial charge < -0.3 is 19.9 Å². The van der Waals surface area contributed by atoms with Crippen LogP contribution in [0, 0.1) is 6.92 Å². The quantitative estimate of drug-likeness (QED) is 0.134. The minimum atomic E-state index is -4.79. The summed E-state index contributed by atoms with van der Waals surface area (Å²) in [6.07, 6.45) is -4.79. The fraction of sp³-hybridized carbons (Fsp3) is 0.160. The zero-order valence-electron chi connectivity index (χ0n) is 20.4. The van der Waals surface area contributed by atoms with E-state index in [1.54, 1.807) is 18.2 Å². The van der Waals surface area contributed by atoms with Gasteiger partial charge in [0.25, 0.3) is 5.91 Å². The topological polar surface area (TPSA) is 127 Å². The summed E-state index contributed by atoms with van der Waals surface area (Å²) in [6, 6.07) is 10.4. The molecule has 0 spiro atoms. The lowest BCUT2D eigenvalue weighted by atomic mass is 10.1. The summed E-state index contributed by atoms with van der Waals surface area (Å²) < 4.78 is 49.3. The highest BCUT2D eigenvalue weighted by Crippen LogP contribution is 2.38. The molecule has 39 heavy (non-hydrogen) atoms. The zero-order valence-corrected chi connectivity index (χ0v) is 22.0. The molecule has 1 aromatic heterocycles. The number of alkyl halides is 3. The average Bonchev–Trinajstić information content (AvgIpc) is 3.24. The van der Waals surface area contributed by atoms with Gasteiger partial charge in [-0.25, -0.2) is 9.59 Å². The van der Waals surface area contributed by atoms with Crippen LogP contribution < -0.4 is 5.32 Å². The molecule has 9 nitrogen and oxygen atoms in total. The minimum absolute atomic E-state index is 0.0231. The first kappa shape index (κ1) is 29.3. The maximum absolute atomic E-state index is 13.3. The molecule has 0 unspecified atom stereocenters. The number of amides is 1. The van der Waals surface area contributed by atoms with Crippen molar-refractivity contribution in [1.82, 2.24) is 0 Å². The van der Waals surface area contributed by atoms with Crippen molar-refractivity contribution in [3.63, 3.8) is 0 Å². The van der Waals surface area contributed by atoms with Gasteiger partial charge in [0.15, 0.2) is 16.5 Å². The van der Waals surface area contributed by atoms with Gasteiger partial charge in [0.05, 0.1) is 24.8 Å². The molecule has 0 atom stereocenters. The van der Waals surface area contributed by atoms with Gasteiger partial charge in [-0.15, -0.1) is 21.6 Å². The molecule has 204 valence electrons. The van der Waals surface area contributed by atoms with E-state index in [1.165, 1.54) is 19.1 Å². The number of carbonyl (C=O) groups excluding carboxylic acids is 3. The van der Waals surface area contributed by atoms with Gasteiger partial charge in [-0.05, 0) is 30.7 Å². The van der Waals surface area contributed by atoms with Crippen molar-refractivity contribution < 1.29 is 42.1 Å². The fourth-order valence-corrected chi connectivity index (χ4v) is 4.50. The highest BCUT2D eigenvalue weighted by atomic mass is 35.5. The molecule has 3 aromatic rings. The fourth-order valence-electron chi connectivity index (χ4n) is 3.24. The van der Waals surface area contributed by atoms with Crippen LogP contribution in [0.15, 0.2) is 64.5 Å². The minimum Gasteiger partial charge on any atom is -0.505 e. The van der Waals surface area contributed by atoms with Gasteiger partial charge in [0, 0.05) is 11.3 Å². The van der Waals surface area contributed by atoms with Crippen LogP contribution in [0.5, 0.6) is 0 Å². The first-order valence-electron chi connectivity index (χ1n) is 10.8. The van der Waals surface area contributed by atoms with Crippen LogP contribution in [0.25, 0.3) is 5.76 Å². The van der Waals surface area contributed by atoms with Crippen molar-refractivity contribution >= 4 is 57.2 Å². The second-order valence-corrected chi connectivity index (χ2v) is 9.04. The summed E-state index contributed by atoms with van der Waals surface area (Å²) in [5.74, 6) is -3.40. The summed E-state index contributed by atoms with van der Waals surface area (Å²) in [5, 5.41) is 20.1. The number of methoxy groups -OCH3 is 2.